The maximum atomic E-state index is 12.0. The number of carbonyl (C=O) groups excluding carboxylic acids is 3. The average molecular weight is 390 g/mol. The maximum absolute atomic E-state index is 12.0. The van der Waals surface area contributed by atoms with Gasteiger partial charge in [0, 0.05) is 12.5 Å². The lowest BCUT2D eigenvalue weighted by Gasteiger charge is -2.23. The molecule has 1 atom stereocenters. The molecule has 1 aliphatic rings. The zero-order valence-electron chi connectivity index (χ0n) is 16.7. The first-order valence-electron chi connectivity index (χ1n) is 9.94. The fourth-order valence-corrected chi connectivity index (χ4v) is 3.03. The molecule has 154 valence electrons. The van der Waals surface area contributed by atoms with Crippen LogP contribution in [0.4, 0.5) is 4.79 Å². The second-order valence-electron chi connectivity index (χ2n) is 7.19. The lowest BCUT2D eigenvalue weighted by Crippen LogP contribution is -2.48. The number of aryl methyl sites for hydroxylation is 1. The normalized spacial score (nSPS) is 15.4. The third kappa shape index (κ3) is 7.98. The van der Waals surface area contributed by atoms with Gasteiger partial charge in [0.1, 0.15) is 5.75 Å². The number of carbonyl (C=O) groups is 3. The van der Waals surface area contributed by atoms with E-state index in [4.69, 9.17) is 9.47 Å². The first-order chi connectivity index (χ1) is 13.4. The van der Waals surface area contributed by atoms with Crippen LogP contribution in [0.5, 0.6) is 5.75 Å². The van der Waals surface area contributed by atoms with Crippen LogP contribution in [0, 0.1) is 6.92 Å². The first-order valence-corrected chi connectivity index (χ1v) is 9.94. The Kier molecular flexibility index (Phi) is 8.78. The number of urea groups is 1. The summed E-state index contributed by atoms with van der Waals surface area (Å²) in [7, 11) is 0. The minimum atomic E-state index is -1.03. The molecule has 0 saturated heterocycles. The summed E-state index contributed by atoms with van der Waals surface area (Å²) in [5.41, 5.74) is 1.15. The molecule has 3 amide bonds. The molecule has 2 N–H and O–H groups in total. The topological polar surface area (TPSA) is 93.7 Å². The van der Waals surface area contributed by atoms with Gasteiger partial charge in [-0.25, -0.2) is 4.79 Å². The molecule has 0 aromatic heterocycles. The van der Waals surface area contributed by atoms with Crippen molar-refractivity contribution in [2.75, 3.05) is 6.61 Å². The first kappa shape index (κ1) is 21.7. The van der Waals surface area contributed by atoms with Crippen molar-refractivity contribution in [3.05, 3.63) is 29.8 Å². The summed E-state index contributed by atoms with van der Waals surface area (Å²) < 4.78 is 10.6. The highest BCUT2D eigenvalue weighted by atomic mass is 16.5. The Morgan fingerprint density at radius 2 is 1.79 bits per heavy atom. The smallest absolute Gasteiger partial charge is 0.321 e. The largest absolute Gasteiger partial charge is 0.494 e. The molecule has 1 fully saturated rings. The number of imide groups is 1. The van der Waals surface area contributed by atoms with E-state index < -0.39 is 24.0 Å². The zero-order valence-corrected chi connectivity index (χ0v) is 16.7. The van der Waals surface area contributed by atoms with E-state index in [0.29, 0.717) is 13.0 Å². The summed E-state index contributed by atoms with van der Waals surface area (Å²) in [5.74, 6) is -0.379. The summed E-state index contributed by atoms with van der Waals surface area (Å²) in [6.45, 7) is 3.82. The molecule has 1 aromatic carbocycles. The van der Waals surface area contributed by atoms with Crippen LogP contribution in [-0.4, -0.2) is 36.7 Å². The summed E-state index contributed by atoms with van der Waals surface area (Å²) in [4.78, 5) is 35.7. The van der Waals surface area contributed by atoms with Crippen LogP contribution in [0.3, 0.4) is 0 Å². The SMILES string of the molecule is Cc1ccc(OCCCC(=O)O[C@H](C)C(=O)NC(=O)NC2CCCCC2)cc1. The summed E-state index contributed by atoms with van der Waals surface area (Å²) in [6.07, 6.45) is 4.79. The Morgan fingerprint density at radius 1 is 1.11 bits per heavy atom. The standard InChI is InChI=1S/C21H30N2O5/c1-15-10-12-18(13-11-15)27-14-6-9-19(24)28-16(2)20(25)23-21(26)22-17-7-4-3-5-8-17/h10-13,16-17H,3-9,14H2,1-2H3,(H2,22,23,25,26)/t16-/m1/s1. The number of benzene rings is 1. The Labute approximate surface area is 166 Å². The summed E-state index contributed by atoms with van der Waals surface area (Å²) in [5, 5.41) is 5.03. The van der Waals surface area contributed by atoms with Crippen molar-refractivity contribution in [1.29, 1.82) is 0 Å². The van der Waals surface area contributed by atoms with E-state index in [9.17, 15) is 14.4 Å². The highest BCUT2D eigenvalue weighted by molar-refractivity contribution is 5.97. The van der Waals surface area contributed by atoms with Crippen LogP contribution in [0.15, 0.2) is 24.3 Å². The number of rotatable bonds is 8. The fraction of sp³-hybridized carbons (Fsp3) is 0.571. The van der Waals surface area contributed by atoms with E-state index in [1.165, 1.54) is 13.3 Å². The van der Waals surface area contributed by atoms with Crippen molar-refractivity contribution in [2.45, 2.75) is 70.9 Å². The number of esters is 1. The molecule has 7 heteroatoms. The number of amides is 3. The zero-order chi connectivity index (χ0) is 20.4. The minimum absolute atomic E-state index is 0.105. The van der Waals surface area contributed by atoms with Gasteiger partial charge in [-0.2, -0.15) is 0 Å². The lowest BCUT2D eigenvalue weighted by molar-refractivity contribution is -0.154. The predicted molar refractivity (Wildman–Crippen MR) is 105 cm³/mol. The van der Waals surface area contributed by atoms with Gasteiger partial charge in [0.25, 0.3) is 5.91 Å². The molecule has 0 bridgehead atoms. The molecule has 0 spiro atoms. The molecule has 0 unspecified atom stereocenters. The molecule has 0 radical (unpaired) electrons. The molecular formula is C21H30N2O5. The van der Waals surface area contributed by atoms with Crippen molar-refractivity contribution < 1.29 is 23.9 Å². The number of hydrogen-bond donors (Lipinski definition) is 2. The van der Waals surface area contributed by atoms with Gasteiger partial charge in [-0.05, 0) is 45.2 Å². The van der Waals surface area contributed by atoms with Gasteiger partial charge in [0.05, 0.1) is 6.61 Å². The van der Waals surface area contributed by atoms with E-state index >= 15 is 0 Å². The van der Waals surface area contributed by atoms with Crippen LogP contribution in [0.25, 0.3) is 0 Å². The molecule has 0 heterocycles. The van der Waals surface area contributed by atoms with E-state index in [1.54, 1.807) is 0 Å². The lowest BCUT2D eigenvalue weighted by atomic mass is 9.96. The van der Waals surface area contributed by atoms with Gasteiger partial charge in [-0.1, -0.05) is 37.0 Å². The predicted octanol–water partition coefficient (Wildman–Crippen LogP) is 3.24. The average Bonchev–Trinajstić information content (AvgIpc) is 2.67. The number of nitrogens with one attached hydrogen (secondary N) is 2. The van der Waals surface area contributed by atoms with E-state index in [-0.39, 0.29) is 12.5 Å². The Morgan fingerprint density at radius 3 is 2.46 bits per heavy atom. The third-order valence-corrected chi connectivity index (χ3v) is 4.67. The second kappa shape index (κ2) is 11.3. The number of ether oxygens (including phenoxy) is 2. The minimum Gasteiger partial charge on any atom is -0.494 e. The Balaban J connectivity index is 1.60. The Bertz CT molecular complexity index is 653. The van der Waals surface area contributed by atoms with Crippen molar-refractivity contribution in [3.8, 4) is 5.75 Å². The van der Waals surface area contributed by atoms with E-state index in [0.717, 1.165) is 37.0 Å². The van der Waals surface area contributed by atoms with Gasteiger partial charge in [-0.15, -0.1) is 0 Å². The van der Waals surface area contributed by atoms with Crippen LogP contribution < -0.4 is 15.4 Å². The van der Waals surface area contributed by atoms with E-state index in [2.05, 4.69) is 10.6 Å². The molecule has 0 aliphatic heterocycles. The summed E-state index contributed by atoms with van der Waals surface area (Å²) in [6, 6.07) is 7.22. The molecule has 28 heavy (non-hydrogen) atoms. The number of hydrogen-bond acceptors (Lipinski definition) is 5. The molecule has 1 aromatic rings. The van der Waals surface area contributed by atoms with Crippen molar-refractivity contribution >= 4 is 17.9 Å². The molecule has 1 saturated carbocycles. The fourth-order valence-electron chi connectivity index (χ4n) is 3.03. The highest BCUT2D eigenvalue weighted by Crippen LogP contribution is 2.17. The van der Waals surface area contributed by atoms with Gasteiger partial charge < -0.3 is 14.8 Å². The van der Waals surface area contributed by atoms with Crippen LogP contribution >= 0.6 is 0 Å². The maximum Gasteiger partial charge on any atom is 0.321 e. The van der Waals surface area contributed by atoms with Crippen LogP contribution in [0.1, 0.15) is 57.4 Å². The van der Waals surface area contributed by atoms with Crippen molar-refractivity contribution in [2.24, 2.45) is 0 Å². The van der Waals surface area contributed by atoms with Crippen LogP contribution in [-0.2, 0) is 14.3 Å². The second-order valence-corrected chi connectivity index (χ2v) is 7.19. The quantitative estimate of drug-likeness (QED) is 0.525. The van der Waals surface area contributed by atoms with Gasteiger partial charge in [-0.3, -0.25) is 14.9 Å². The third-order valence-electron chi connectivity index (χ3n) is 4.67. The molecule has 1 aliphatic carbocycles. The van der Waals surface area contributed by atoms with Crippen molar-refractivity contribution in [3.63, 3.8) is 0 Å². The van der Waals surface area contributed by atoms with Gasteiger partial charge in [0.15, 0.2) is 6.10 Å². The molecule has 7 nitrogen and oxygen atoms in total. The summed E-state index contributed by atoms with van der Waals surface area (Å²) >= 11 is 0. The Hall–Kier alpha value is -2.57. The van der Waals surface area contributed by atoms with Crippen molar-refractivity contribution in [1.82, 2.24) is 10.6 Å². The molecular weight excluding hydrogens is 360 g/mol. The highest BCUT2D eigenvalue weighted by Gasteiger charge is 2.22. The van der Waals surface area contributed by atoms with Gasteiger partial charge >= 0.3 is 12.0 Å². The van der Waals surface area contributed by atoms with E-state index in [1.807, 2.05) is 31.2 Å². The molecule has 2 rings (SSSR count). The van der Waals surface area contributed by atoms with Crippen LogP contribution in [0.2, 0.25) is 0 Å². The monoisotopic (exact) mass is 390 g/mol. The van der Waals surface area contributed by atoms with Gasteiger partial charge in [0.2, 0.25) is 0 Å².